The number of rotatable bonds is 1. The van der Waals surface area contributed by atoms with Gasteiger partial charge in [-0.1, -0.05) is 0 Å². The second-order valence-electron chi connectivity index (χ2n) is 2.12. The van der Waals surface area contributed by atoms with Gasteiger partial charge >= 0.3 is 0 Å². The summed E-state index contributed by atoms with van der Waals surface area (Å²) in [7, 11) is 0. The van der Waals surface area contributed by atoms with Crippen LogP contribution < -0.4 is 4.74 Å². The average Bonchev–Trinajstić information content (AvgIpc) is 2.46. The highest BCUT2D eigenvalue weighted by molar-refractivity contribution is 5.45. The van der Waals surface area contributed by atoms with Gasteiger partial charge < -0.3 is 4.74 Å². The van der Waals surface area contributed by atoms with Gasteiger partial charge in [0.15, 0.2) is 5.82 Å². The molecule has 2 heterocycles. The van der Waals surface area contributed by atoms with E-state index in [-0.39, 0.29) is 0 Å². The summed E-state index contributed by atoms with van der Waals surface area (Å²) in [6, 6.07) is 1.61. The monoisotopic (exact) mass is 151 g/mol. The second-order valence-corrected chi connectivity index (χ2v) is 2.12. The van der Waals surface area contributed by atoms with Gasteiger partial charge in [0.2, 0.25) is 12.0 Å². The van der Waals surface area contributed by atoms with Crippen molar-refractivity contribution in [2.24, 2.45) is 4.99 Å². The van der Waals surface area contributed by atoms with Crippen molar-refractivity contribution in [2.75, 3.05) is 6.61 Å². The number of ether oxygens (including phenoxy) is 1. The molecule has 0 N–H and O–H groups in total. The standard InChI is InChI=1S/C6H5N3O2/c10-4-7-5-3-6-9(8-5)1-2-11-6/h3H,1-2H2. The van der Waals surface area contributed by atoms with Crippen molar-refractivity contribution < 1.29 is 9.53 Å². The van der Waals surface area contributed by atoms with Crippen molar-refractivity contribution in [1.29, 1.82) is 0 Å². The number of nitrogens with zero attached hydrogens (tertiary/aromatic N) is 3. The predicted molar refractivity (Wildman–Crippen MR) is 35.5 cm³/mol. The molecule has 5 nitrogen and oxygen atoms in total. The Kier molecular flexibility index (Phi) is 1.23. The van der Waals surface area contributed by atoms with Crippen molar-refractivity contribution in [2.45, 2.75) is 6.54 Å². The summed E-state index contributed by atoms with van der Waals surface area (Å²) in [5.74, 6) is 1.02. The molecule has 1 aliphatic rings. The van der Waals surface area contributed by atoms with Gasteiger partial charge in [-0.2, -0.15) is 0 Å². The molecule has 0 bridgehead atoms. The van der Waals surface area contributed by atoms with Crippen LogP contribution in [0.3, 0.4) is 0 Å². The lowest BCUT2D eigenvalue weighted by Gasteiger charge is -1.85. The van der Waals surface area contributed by atoms with Crippen LogP contribution in [0, 0.1) is 0 Å². The van der Waals surface area contributed by atoms with E-state index in [0.29, 0.717) is 18.3 Å². The number of hydrogen-bond donors (Lipinski definition) is 0. The minimum absolute atomic E-state index is 0.356. The minimum atomic E-state index is 0.356. The molecule has 1 aliphatic heterocycles. The van der Waals surface area contributed by atoms with E-state index in [1.807, 2.05) is 0 Å². The van der Waals surface area contributed by atoms with E-state index in [0.717, 1.165) is 6.54 Å². The molecule has 1 aromatic rings. The Bertz CT molecular complexity index is 303. The predicted octanol–water partition coefficient (Wildman–Crippen LogP) is 0.243. The Balaban J connectivity index is 2.41. The zero-order chi connectivity index (χ0) is 7.68. The molecule has 2 rings (SSSR count). The first-order valence-electron chi connectivity index (χ1n) is 3.18. The van der Waals surface area contributed by atoms with E-state index in [1.54, 1.807) is 10.7 Å². The van der Waals surface area contributed by atoms with Gasteiger partial charge in [0.05, 0.1) is 6.54 Å². The van der Waals surface area contributed by atoms with Gasteiger partial charge in [0.25, 0.3) is 0 Å². The summed E-state index contributed by atoms with van der Waals surface area (Å²) < 4.78 is 6.80. The zero-order valence-electron chi connectivity index (χ0n) is 5.65. The molecule has 5 heteroatoms. The van der Waals surface area contributed by atoms with E-state index >= 15 is 0 Å². The maximum atomic E-state index is 9.82. The van der Waals surface area contributed by atoms with Gasteiger partial charge in [-0.05, 0) is 0 Å². The molecule has 0 radical (unpaired) electrons. The summed E-state index contributed by atoms with van der Waals surface area (Å²) in [6.45, 7) is 1.37. The quantitative estimate of drug-likeness (QED) is 0.426. The zero-order valence-corrected chi connectivity index (χ0v) is 5.65. The van der Waals surface area contributed by atoms with Crippen molar-refractivity contribution in [3.8, 4) is 5.88 Å². The van der Waals surface area contributed by atoms with Gasteiger partial charge in [-0.25, -0.2) is 9.48 Å². The Labute approximate surface area is 62.3 Å². The van der Waals surface area contributed by atoms with E-state index < -0.39 is 0 Å². The van der Waals surface area contributed by atoms with Crippen LogP contribution in [-0.4, -0.2) is 22.5 Å². The van der Waals surface area contributed by atoms with Crippen LogP contribution in [0.4, 0.5) is 5.82 Å². The number of hydrogen-bond acceptors (Lipinski definition) is 4. The van der Waals surface area contributed by atoms with Crippen molar-refractivity contribution in [1.82, 2.24) is 9.78 Å². The molecule has 0 saturated carbocycles. The summed E-state index contributed by atoms with van der Waals surface area (Å²) in [4.78, 5) is 13.2. The molecule has 56 valence electrons. The van der Waals surface area contributed by atoms with E-state index in [2.05, 4.69) is 10.1 Å². The van der Waals surface area contributed by atoms with Gasteiger partial charge in [-0.3, -0.25) is 0 Å². The number of isocyanates is 1. The summed E-state index contributed by atoms with van der Waals surface area (Å²) >= 11 is 0. The molecule has 0 aromatic carbocycles. The highest BCUT2D eigenvalue weighted by atomic mass is 16.5. The largest absolute Gasteiger partial charge is 0.476 e. The normalized spacial score (nSPS) is 13.5. The lowest BCUT2D eigenvalue weighted by Crippen LogP contribution is -1.94. The smallest absolute Gasteiger partial charge is 0.242 e. The Morgan fingerprint density at radius 3 is 3.45 bits per heavy atom. The second kappa shape index (κ2) is 2.21. The number of fused-ring (bicyclic) bond motifs is 1. The summed E-state index contributed by atoms with van der Waals surface area (Å²) in [5.41, 5.74) is 0. The van der Waals surface area contributed by atoms with Crippen LogP contribution >= 0.6 is 0 Å². The molecule has 0 unspecified atom stereocenters. The Hall–Kier alpha value is -1.61. The highest BCUT2D eigenvalue weighted by Crippen LogP contribution is 2.22. The maximum absolute atomic E-state index is 9.82. The summed E-state index contributed by atoms with van der Waals surface area (Å²) in [6.07, 6.45) is 1.42. The van der Waals surface area contributed by atoms with E-state index in [4.69, 9.17) is 4.74 Å². The van der Waals surface area contributed by atoms with Crippen molar-refractivity contribution in [3.05, 3.63) is 6.07 Å². The SMILES string of the molecule is O=C=Nc1cc2n(n1)CCO2. The van der Waals surface area contributed by atoms with Crippen LogP contribution in [0.5, 0.6) is 5.88 Å². The molecule has 0 fully saturated rings. The third-order valence-electron chi connectivity index (χ3n) is 1.44. The molecule has 11 heavy (non-hydrogen) atoms. The third-order valence-corrected chi connectivity index (χ3v) is 1.44. The fourth-order valence-electron chi connectivity index (χ4n) is 1.00. The van der Waals surface area contributed by atoms with Crippen LogP contribution in [-0.2, 0) is 11.3 Å². The van der Waals surface area contributed by atoms with Gasteiger partial charge in [-0.15, -0.1) is 10.1 Å². The Morgan fingerprint density at radius 1 is 1.82 bits per heavy atom. The lowest BCUT2D eigenvalue weighted by atomic mass is 10.6. The van der Waals surface area contributed by atoms with Gasteiger partial charge in [0, 0.05) is 6.07 Å². The minimum Gasteiger partial charge on any atom is -0.476 e. The fraction of sp³-hybridized carbons (Fsp3) is 0.333. The Morgan fingerprint density at radius 2 is 2.73 bits per heavy atom. The maximum Gasteiger partial charge on any atom is 0.242 e. The average molecular weight is 151 g/mol. The molecule has 0 aliphatic carbocycles. The van der Waals surface area contributed by atoms with E-state index in [1.165, 1.54) is 6.08 Å². The summed E-state index contributed by atoms with van der Waals surface area (Å²) in [5, 5.41) is 3.94. The molecule has 0 amide bonds. The third kappa shape index (κ3) is 0.911. The van der Waals surface area contributed by atoms with Crippen molar-refractivity contribution >= 4 is 11.9 Å². The molecule has 0 atom stereocenters. The lowest BCUT2D eigenvalue weighted by molar-refractivity contribution is 0.357. The van der Waals surface area contributed by atoms with Crippen LogP contribution in [0.1, 0.15) is 0 Å². The van der Waals surface area contributed by atoms with Crippen LogP contribution in [0.25, 0.3) is 0 Å². The first-order valence-corrected chi connectivity index (χ1v) is 3.18. The topological polar surface area (TPSA) is 56.5 Å². The molecular formula is C6H5N3O2. The van der Waals surface area contributed by atoms with Gasteiger partial charge in [0.1, 0.15) is 6.61 Å². The molecular weight excluding hydrogens is 146 g/mol. The number of carbonyl (C=O) groups excluding carboxylic acids is 1. The molecule has 0 spiro atoms. The first kappa shape index (κ1) is 6.12. The number of aromatic nitrogens is 2. The molecule has 0 saturated heterocycles. The molecule has 1 aromatic heterocycles. The van der Waals surface area contributed by atoms with Crippen LogP contribution in [0.15, 0.2) is 11.1 Å². The van der Waals surface area contributed by atoms with Crippen LogP contribution in [0.2, 0.25) is 0 Å². The first-order chi connectivity index (χ1) is 5.40. The fourth-order valence-corrected chi connectivity index (χ4v) is 1.00. The van der Waals surface area contributed by atoms with E-state index in [9.17, 15) is 4.79 Å². The highest BCUT2D eigenvalue weighted by Gasteiger charge is 2.13. The van der Waals surface area contributed by atoms with Crippen molar-refractivity contribution in [3.63, 3.8) is 0 Å². The number of aliphatic imine (C=N–C) groups is 1.